The molecule has 1 aromatic rings. The van der Waals surface area contributed by atoms with Crippen LogP contribution in [-0.2, 0) is 14.2 Å². The van der Waals surface area contributed by atoms with Gasteiger partial charge in [0.15, 0.2) is 0 Å². The van der Waals surface area contributed by atoms with E-state index in [1.54, 1.807) is 37.3 Å². The van der Waals surface area contributed by atoms with E-state index >= 15 is 0 Å². The first kappa shape index (κ1) is 17.5. The standard InChI is InChI=1S/C15H20O8/c1-2-20-15(19)21-8-10-11(16)12(17)13(18)14(23-10)22-9-6-4-3-5-7-9/h3-7,10-14,16-18H,2,8H2,1H3/t10-,11-,12+,13-,14-/m1/s1. The Morgan fingerprint density at radius 1 is 1.09 bits per heavy atom. The van der Waals surface area contributed by atoms with Gasteiger partial charge in [0, 0.05) is 0 Å². The topological polar surface area (TPSA) is 115 Å². The maximum atomic E-state index is 11.2. The van der Waals surface area contributed by atoms with Crippen molar-refractivity contribution in [1.82, 2.24) is 0 Å². The zero-order chi connectivity index (χ0) is 16.8. The van der Waals surface area contributed by atoms with Gasteiger partial charge in [0.05, 0.1) is 6.61 Å². The Morgan fingerprint density at radius 3 is 2.43 bits per heavy atom. The summed E-state index contributed by atoms with van der Waals surface area (Å²) in [7, 11) is 0. The maximum Gasteiger partial charge on any atom is 0.508 e. The molecule has 1 aromatic carbocycles. The Balaban J connectivity index is 1.98. The highest BCUT2D eigenvalue weighted by Crippen LogP contribution is 2.24. The van der Waals surface area contributed by atoms with Crippen LogP contribution >= 0.6 is 0 Å². The smallest absolute Gasteiger partial charge is 0.462 e. The summed E-state index contributed by atoms with van der Waals surface area (Å²) in [5.74, 6) is 0.421. The molecule has 0 aromatic heterocycles. The van der Waals surface area contributed by atoms with E-state index in [0.29, 0.717) is 5.75 Å². The summed E-state index contributed by atoms with van der Waals surface area (Å²) < 4.78 is 20.2. The molecule has 1 aliphatic heterocycles. The van der Waals surface area contributed by atoms with Crippen LogP contribution in [0, 0.1) is 0 Å². The van der Waals surface area contributed by atoms with Crippen molar-refractivity contribution in [2.24, 2.45) is 0 Å². The van der Waals surface area contributed by atoms with Crippen LogP contribution in [0.2, 0.25) is 0 Å². The Bertz CT molecular complexity index is 494. The number of hydrogen-bond donors (Lipinski definition) is 3. The van der Waals surface area contributed by atoms with Crippen molar-refractivity contribution in [1.29, 1.82) is 0 Å². The number of hydrogen-bond acceptors (Lipinski definition) is 8. The second-order valence-electron chi connectivity index (χ2n) is 4.94. The van der Waals surface area contributed by atoms with Gasteiger partial charge in [-0.2, -0.15) is 0 Å². The van der Waals surface area contributed by atoms with Crippen LogP contribution in [0.5, 0.6) is 5.75 Å². The molecule has 0 radical (unpaired) electrons. The van der Waals surface area contributed by atoms with E-state index in [0.717, 1.165) is 0 Å². The third-order valence-electron chi connectivity index (χ3n) is 3.29. The highest BCUT2D eigenvalue weighted by molar-refractivity contribution is 5.59. The average Bonchev–Trinajstić information content (AvgIpc) is 2.55. The van der Waals surface area contributed by atoms with Crippen LogP contribution in [0.1, 0.15) is 6.92 Å². The lowest BCUT2D eigenvalue weighted by Gasteiger charge is -2.39. The molecule has 1 saturated heterocycles. The van der Waals surface area contributed by atoms with Crippen LogP contribution in [0.15, 0.2) is 30.3 Å². The molecule has 8 heteroatoms. The van der Waals surface area contributed by atoms with E-state index in [2.05, 4.69) is 4.74 Å². The molecule has 0 spiro atoms. The van der Waals surface area contributed by atoms with Gasteiger partial charge in [-0.15, -0.1) is 0 Å². The van der Waals surface area contributed by atoms with Gasteiger partial charge in [-0.1, -0.05) is 18.2 Å². The minimum atomic E-state index is -1.51. The van der Waals surface area contributed by atoms with E-state index in [-0.39, 0.29) is 13.2 Å². The monoisotopic (exact) mass is 328 g/mol. The van der Waals surface area contributed by atoms with Crippen molar-refractivity contribution >= 4 is 6.16 Å². The minimum Gasteiger partial charge on any atom is -0.462 e. The summed E-state index contributed by atoms with van der Waals surface area (Å²) in [4.78, 5) is 11.2. The third-order valence-corrected chi connectivity index (χ3v) is 3.29. The molecule has 23 heavy (non-hydrogen) atoms. The summed E-state index contributed by atoms with van der Waals surface area (Å²) >= 11 is 0. The van der Waals surface area contributed by atoms with E-state index in [1.807, 2.05) is 0 Å². The van der Waals surface area contributed by atoms with Crippen LogP contribution in [0.3, 0.4) is 0 Å². The van der Waals surface area contributed by atoms with E-state index in [4.69, 9.17) is 14.2 Å². The number of ether oxygens (including phenoxy) is 4. The molecular weight excluding hydrogens is 308 g/mol. The minimum absolute atomic E-state index is 0.147. The molecule has 2 rings (SSSR count). The van der Waals surface area contributed by atoms with E-state index in [1.165, 1.54) is 0 Å². The molecule has 0 aliphatic carbocycles. The predicted octanol–water partition coefficient (Wildman–Crippen LogP) is 0.0461. The Morgan fingerprint density at radius 2 is 1.78 bits per heavy atom. The summed E-state index contributed by atoms with van der Waals surface area (Å²) in [6, 6.07) is 8.56. The second-order valence-corrected chi connectivity index (χ2v) is 4.94. The number of carbonyl (C=O) groups is 1. The summed E-state index contributed by atoms with van der Waals surface area (Å²) in [5.41, 5.74) is 0. The molecular formula is C15H20O8. The number of aliphatic hydroxyl groups is 3. The Labute approximate surface area is 133 Å². The lowest BCUT2D eigenvalue weighted by Crippen LogP contribution is -2.60. The molecule has 1 heterocycles. The third kappa shape index (κ3) is 4.55. The van der Waals surface area contributed by atoms with Gasteiger partial charge in [-0.3, -0.25) is 0 Å². The lowest BCUT2D eigenvalue weighted by molar-refractivity contribution is -0.277. The average molecular weight is 328 g/mol. The zero-order valence-electron chi connectivity index (χ0n) is 12.6. The molecule has 0 saturated carbocycles. The van der Waals surface area contributed by atoms with Gasteiger partial charge < -0.3 is 34.3 Å². The van der Waals surface area contributed by atoms with Gasteiger partial charge in [-0.05, 0) is 19.1 Å². The van der Waals surface area contributed by atoms with Crippen LogP contribution in [0.4, 0.5) is 4.79 Å². The van der Waals surface area contributed by atoms with Crippen LogP contribution in [-0.4, -0.2) is 65.4 Å². The molecule has 1 fully saturated rings. The number of carbonyl (C=O) groups excluding carboxylic acids is 1. The van der Waals surface area contributed by atoms with Gasteiger partial charge in [-0.25, -0.2) is 4.79 Å². The summed E-state index contributed by atoms with van der Waals surface area (Å²) in [6.07, 6.45) is -7.59. The van der Waals surface area contributed by atoms with Gasteiger partial charge >= 0.3 is 6.16 Å². The van der Waals surface area contributed by atoms with Gasteiger partial charge in [0.2, 0.25) is 6.29 Å². The Hall–Kier alpha value is -1.87. The van der Waals surface area contributed by atoms with Crippen molar-refractivity contribution in [3.05, 3.63) is 30.3 Å². The van der Waals surface area contributed by atoms with Gasteiger partial charge in [0.1, 0.15) is 36.8 Å². The number of benzene rings is 1. The predicted molar refractivity (Wildman–Crippen MR) is 76.7 cm³/mol. The highest BCUT2D eigenvalue weighted by Gasteiger charge is 2.45. The normalized spacial score (nSPS) is 30.5. The molecule has 128 valence electrons. The fraction of sp³-hybridized carbons (Fsp3) is 0.533. The van der Waals surface area contributed by atoms with Crippen LogP contribution < -0.4 is 4.74 Å². The number of rotatable bonds is 5. The molecule has 5 atom stereocenters. The van der Waals surface area contributed by atoms with Crippen molar-refractivity contribution in [2.75, 3.05) is 13.2 Å². The van der Waals surface area contributed by atoms with Crippen molar-refractivity contribution in [3.8, 4) is 5.75 Å². The largest absolute Gasteiger partial charge is 0.508 e. The first-order valence-corrected chi connectivity index (χ1v) is 7.23. The lowest BCUT2D eigenvalue weighted by atomic mass is 9.99. The first-order chi connectivity index (χ1) is 11.0. The van der Waals surface area contributed by atoms with E-state index in [9.17, 15) is 20.1 Å². The molecule has 8 nitrogen and oxygen atoms in total. The van der Waals surface area contributed by atoms with Crippen molar-refractivity contribution in [2.45, 2.75) is 37.6 Å². The Kier molecular flexibility index (Phi) is 6.17. The maximum absolute atomic E-state index is 11.2. The molecule has 1 aliphatic rings. The van der Waals surface area contributed by atoms with Crippen LogP contribution in [0.25, 0.3) is 0 Å². The van der Waals surface area contributed by atoms with Crippen molar-refractivity contribution < 1.29 is 39.1 Å². The zero-order valence-corrected chi connectivity index (χ0v) is 12.6. The van der Waals surface area contributed by atoms with Crippen molar-refractivity contribution in [3.63, 3.8) is 0 Å². The summed E-state index contributed by atoms with van der Waals surface area (Å²) in [5, 5.41) is 29.8. The highest BCUT2D eigenvalue weighted by atomic mass is 16.7. The SMILES string of the molecule is CCOC(=O)OC[C@H]1O[C@@H](Oc2ccccc2)[C@H](O)[C@@H](O)[C@@H]1O. The first-order valence-electron chi connectivity index (χ1n) is 7.23. The number of para-hydroxylation sites is 1. The fourth-order valence-corrected chi connectivity index (χ4v) is 2.09. The summed E-state index contributed by atoms with van der Waals surface area (Å²) in [6.45, 7) is 1.42. The molecule has 0 amide bonds. The van der Waals surface area contributed by atoms with Gasteiger partial charge in [0.25, 0.3) is 0 Å². The second kappa shape index (κ2) is 8.11. The fourth-order valence-electron chi connectivity index (χ4n) is 2.09. The molecule has 3 N–H and O–H groups in total. The van der Waals surface area contributed by atoms with E-state index < -0.39 is 36.9 Å². The quantitative estimate of drug-likeness (QED) is 0.649. The molecule has 0 bridgehead atoms. The molecule has 0 unspecified atom stereocenters. The number of aliphatic hydroxyl groups excluding tert-OH is 3.